The minimum Gasteiger partial charge on any atom is -0.378 e. The molecule has 1 N–H and O–H groups in total. The lowest BCUT2D eigenvalue weighted by Gasteiger charge is -2.21. The number of imide groups is 1. The molecule has 1 heterocycles. The SMILES string of the molecule is CN(Cc1cc(-c2ccccc2)ccc1CC1SC(=O)NC1=O)C(=O)c1ccc(N(C)C)cc1. The number of anilines is 1. The summed E-state index contributed by atoms with van der Waals surface area (Å²) in [5.74, 6) is -0.344. The molecule has 174 valence electrons. The molecule has 0 spiro atoms. The normalized spacial score (nSPS) is 15.2. The average molecular weight is 474 g/mol. The van der Waals surface area contributed by atoms with E-state index in [1.807, 2.05) is 85.7 Å². The molecule has 1 fully saturated rings. The second kappa shape index (κ2) is 10.1. The van der Waals surface area contributed by atoms with Crippen molar-refractivity contribution in [1.29, 1.82) is 0 Å². The fourth-order valence-electron chi connectivity index (χ4n) is 3.96. The molecule has 0 bridgehead atoms. The summed E-state index contributed by atoms with van der Waals surface area (Å²) in [4.78, 5) is 40.6. The predicted octanol–water partition coefficient (Wildman–Crippen LogP) is 4.59. The topological polar surface area (TPSA) is 69.7 Å². The van der Waals surface area contributed by atoms with Gasteiger partial charge in [-0.1, -0.05) is 54.2 Å². The zero-order chi connectivity index (χ0) is 24.2. The van der Waals surface area contributed by atoms with Gasteiger partial charge in [0.15, 0.2) is 0 Å². The Morgan fingerprint density at radius 2 is 1.59 bits per heavy atom. The summed E-state index contributed by atoms with van der Waals surface area (Å²) in [5.41, 5.74) is 5.66. The van der Waals surface area contributed by atoms with Gasteiger partial charge in [0.2, 0.25) is 5.91 Å². The number of nitrogens with one attached hydrogen (secondary N) is 1. The molecule has 4 rings (SSSR count). The molecule has 7 heteroatoms. The number of rotatable bonds is 7. The molecular formula is C27H27N3O3S. The molecule has 0 aliphatic carbocycles. The summed E-state index contributed by atoms with van der Waals surface area (Å²) in [7, 11) is 5.70. The average Bonchev–Trinajstić information content (AvgIpc) is 3.16. The van der Waals surface area contributed by atoms with Crippen LogP contribution in [0.1, 0.15) is 21.5 Å². The number of benzene rings is 3. The van der Waals surface area contributed by atoms with Gasteiger partial charge in [-0.15, -0.1) is 0 Å². The molecule has 6 nitrogen and oxygen atoms in total. The lowest BCUT2D eigenvalue weighted by molar-refractivity contribution is -0.118. The number of carbonyl (C=O) groups excluding carboxylic acids is 3. The molecule has 34 heavy (non-hydrogen) atoms. The number of amides is 3. The molecule has 1 atom stereocenters. The van der Waals surface area contributed by atoms with E-state index < -0.39 is 5.25 Å². The fraction of sp³-hybridized carbons (Fsp3) is 0.222. The first-order valence-corrected chi connectivity index (χ1v) is 11.9. The molecular weight excluding hydrogens is 446 g/mol. The zero-order valence-electron chi connectivity index (χ0n) is 19.4. The van der Waals surface area contributed by atoms with Gasteiger partial charge in [0.1, 0.15) is 0 Å². The number of hydrogen-bond donors (Lipinski definition) is 1. The van der Waals surface area contributed by atoms with Crippen LogP contribution in [-0.2, 0) is 17.8 Å². The van der Waals surface area contributed by atoms with Crippen molar-refractivity contribution in [2.75, 3.05) is 26.0 Å². The molecule has 1 unspecified atom stereocenters. The van der Waals surface area contributed by atoms with Crippen molar-refractivity contribution in [3.8, 4) is 11.1 Å². The Hall–Kier alpha value is -3.58. The summed E-state index contributed by atoms with van der Waals surface area (Å²) in [5, 5.41) is 1.58. The fourth-order valence-corrected chi connectivity index (χ4v) is 4.81. The van der Waals surface area contributed by atoms with E-state index in [0.29, 0.717) is 18.5 Å². The van der Waals surface area contributed by atoms with Crippen LogP contribution in [0.15, 0.2) is 72.8 Å². The summed E-state index contributed by atoms with van der Waals surface area (Å²) in [6, 6.07) is 23.6. The van der Waals surface area contributed by atoms with Crippen molar-refractivity contribution in [2.45, 2.75) is 18.2 Å². The maximum absolute atomic E-state index is 13.1. The van der Waals surface area contributed by atoms with Gasteiger partial charge in [0.05, 0.1) is 5.25 Å². The summed E-state index contributed by atoms with van der Waals surface area (Å²) < 4.78 is 0. The van der Waals surface area contributed by atoms with Gasteiger partial charge in [0, 0.05) is 38.9 Å². The van der Waals surface area contributed by atoms with Crippen LogP contribution in [0.2, 0.25) is 0 Å². The monoisotopic (exact) mass is 473 g/mol. The first-order valence-electron chi connectivity index (χ1n) is 11.0. The standard InChI is InChI=1S/C27H27N3O3S/c1-29(2)23-13-11-19(12-14-23)26(32)30(3)17-22-15-20(18-7-5-4-6-8-18)9-10-21(22)16-24-25(31)28-27(33)34-24/h4-15,24H,16-17H2,1-3H3,(H,28,31,33). The molecule has 3 amide bonds. The largest absolute Gasteiger partial charge is 0.378 e. The second-order valence-electron chi connectivity index (χ2n) is 8.54. The van der Waals surface area contributed by atoms with Gasteiger partial charge in [-0.2, -0.15) is 0 Å². The van der Waals surface area contributed by atoms with Crippen molar-refractivity contribution >= 4 is 34.5 Å². The minimum atomic E-state index is -0.464. The van der Waals surface area contributed by atoms with E-state index in [1.54, 1.807) is 11.9 Å². The van der Waals surface area contributed by atoms with Crippen LogP contribution >= 0.6 is 11.8 Å². The number of nitrogens with zero attached hydrogens (tertiary/aromatic N) is 2. The molecule has 3 aromatic rings. The molecule has 1 aliphatic rings. The van der Waals surface area contributed by atoms with Crippen LogP contribution in [-0.4, -0.2) is 48.3 Å². The Kier molecular flexibility index (Phi) is 7.03. The molecule has 3 aromatic carbocycles. The summed E-state index contributed by atoms with van der Waals surface area (Å²) >= 11 is 1.02. The van der Waals surface area contributed by atoms with E-state index in [4.69, 9.17) is 0 Å². The van der Waals surface area contributed by atoms with Crippen molar-refractivity contribution in [3.05, 3.63) is 89.5 Å². The first kappa shape index (κ1) is 23.6. The van der Waals surface area contributed by atoms with Gasteiger partial charge >= 0.3 is 0 Å². The molecule has 1 saturated heterocycles. The van der Waals surface area contributed by atoms with E-state index in [0.717, 1.165) is 39.7 Å². The van der Waals surface area contributed by atoms with Gasteiger partial charge in [-0.25, -0.2) is 0 Å². The Bertz CT molecular complexity index is 1210. The Labute approximate surface area is 204 Å². The maximum Gasteiger partial charge on any atom is 0.286 e. The predicted molar refractivity (Wildman–Crippen MR) is 137 cm³/mol. The summed E-state index contributed by atoms with van der Waals surface area (Å²) in [6.45, 7) is 0.386. The van der Waals surface area contributed by atoms with E-state index in [2.05, 4.69) is 11.4 Å². The second-order valence-corrected chi connectivity index (χ2v) is 9.71. The van der Waals surface area contributed by atoms with E-state index in [9.17, 15) is 14.4 Å². The van der Waals surface area contributed by atoms with Crippen LogP contribution in [0.3, 0.4) is 0 Å². The Morgan fingerprint density at radius 1 is 0.882 bits per heavy atom. The van der Waals surface area contributed by atoms with Gasteiger partial charge in [0.25, 0.3) is 11.1 Å². The minimum absolute atomic E-state index is 0.0791. The highest BCUT2D eigenvalue weighted by atomic mass is 32.2. The number of carbonyl (C=O) groups is 3. The van der Waals surface area contributed by atoms with Gasteiger partial charge in [-0.05, 0) is 59.0 Å². The lowest BCUT2D eigenvalue weighted by atomic mass is 9.96. The molecule has 0 radical (unpaired) electrons. The van der Waals surface area contributed by atoms with E-state index in [-0.39, 0.29) is 17.1 Å². The number of thioether (sulfide) groups is 1. The van der Waals surface area contributed by atoms with Crippen molar-refractivity contribution in [1.82, 2.24) is 10.2 Å². The van der Waals surface area contributed by atoms with Crippen molar-refractivity contribution < 1.29 is 14.4 Å². The maximum atomic E-state index is 13.1. The first-order chi connectivity index (χ1) is 16.3. The molecule has 0 aromatic heterocycles. The Balaban J connectivity index is 1.61. The highest BCUT2D eigenvalue weighted by molar-refractivity contribution is 8.15. The van der Waals surface area contributed by atoms with Crippen LogP contribution in [0.4, 0.5) is 10.5 Å². The quantitative estimate of drug-likeness (QED) is 0.544. The van der Waals surface area contributed by atoms with Crippen LogP contribution in [0, 0.1) is 0 Å². The smallest absolute Gasteiger partial charge is 0.286 e. The van der Waals surface area contributed by atoms with E-state index >= 15 is 0 Å². The lowest BCUT2D eigenvalue weighted by Crippen LogP contribution is -2.28. The zero-order valence-corrected chi connectivity index (χ0v) is 20.3. The van der Waals surface area contributed by atoms with E-state index in [1.165, 1.54) is 0 Å². The van der Waals surface area contributed by atoms with Crippen LogP contribution in [0.5, 0.6) is 0 Å². The number of hydrogen-bond acceptors (Lipinski definition) is 5. The van der Waals surface area contributed by atoms with Crippen LogP contribution in [0.25, 0.3) is 11.1 Å². The third kappa shape index (κ3) is 5.31. The Morgan fingerprint density at radius 3 is 2.21 bits per heavy atom. The van der Waals surface area contributed by atoms with Gasteiger partial charge < -0.3 is 9.80 Å². The highest BCUT2D eigenvalue weighted by Gasteiger charge is 2.32. The third-order valence-corrected chi connectivity index (χ3v) is 6.85. The highest BCUT2D eigenvalue weighted by Crippen LogP contribution is 2.28. The van der Waals surface area contributed by atoms with Crippen molar-refractivity contribution in [2.24, 2.45) is 0 Å². The van der Waals surface area contributed by atoms with Crippen LogP contribution < -0.4 is 10.2 Å². The van der Waals surface area contributed by atoms with Gasteiger partial charge in [-0.3, -0.25) is 19.7 Å². The van der Waals surface area contributed by atoms with Crippen molar-refractivity contribution in [3.63, 3.8) is 0 Å². The third-order valence-electron chi connectivity index (χ3n) is 5.87. The summed E-state index contributed by atoms with van der Waals surface area (Å²) in [6.07, 6.45) is 0.423. The molecule has 0 saturated carbocycles. The molecule has 1 aliphatic heterocycles.